The lowest BCUT2D eigenvalue weighted by Gasteiger charge is -2.40. The van der Waals surface area contributed by atoms with Gasteiger partial charge in [-0.15, -0.1) is 0 Å². The van der Waals surface area contributed by atoms with Crippen molar-refractivity contribution >= 4 is 40.7 Å². The second kappa shape index (κ2) is 11.7. The summed E-state index contributed by atoms with van der Waals surface area (Å²) < 4.78 is 47.1. The van der Waals surface area contributed by atoms with Gasteiger partial charge in [0.1, 0.15) is 11.6 Å². The third kappa shape index (κ3) is 7.68. The van der Waals surface area contributed by atoms with E-state index in [0.717, 1.165) is 6.07 Å². The average molecular weight is 528 g/mol. The van der Waals surface area contributed by atoms with Gasteiger partial charge in [-0.3, -0.25) is 0 Å². The molecule has 3 N–H and O–H groups in total. The number of aliphatic carboxylic acids is 1. The molecule has 1 saturated carbocycles. The second-order valence-electron chi connectivity index (χ2n) is 9.20. The van der Waals surface area contributed by atoms with Crippen LogP contribution < -0.4 is 20.3 Å². The fourth-order valence-electron chi connectivity index (χ4n) is 4.14. The molecule has 1 aliphatic rings. The van der Waals surface area contributed by atoms with Crippen molar-refractivity contribution in [3.8, 4) is 5.75 Å². The van der Waals surface area contributed by atoms with Gasteiger partial charge in [0.25, 0.3) is 0 Å². The van der Waals surface area contributed by atoms with Crippen molar-refractivity contribution < 1.29 is 32.6 Å². The maximum atomic E-state index is 14.2. The molecule has 0 bridgehead atoms. The smallest absolute Gasteiger partial charge is 0.341 e. The van der Waals surface area contributed by atoms with E-state index in [1.807, 2.05) is 18.7 Å². The maximum absolute atomic E-state index is 14.2. The minimum atomic E-state index is -2.70. The van der Waals surface area contributed by atoms with E-state index in [1.54, 1.807) is 12.1 Å². The highest BCUT2D eigenvalue weighted by molar-refractivity contribution is 6.30. The Bertz CT molecular complexity index is 1090. The molecule has 2 aromatic carbocycles. The van der Waals surface area contributed by atoms with Gasteiger partial charge in [-0.05, 0) is 49.1 Å². The predicted octanol–water partition coefficient (Wildman–Crippen LogP) is 6.63. The van der Waals surface area contributed by atoms with E-state index in [9.17, 15) is 22.8 Å². The van der Waals surface area contributed by atoms with Crippen LogP contribution in [0.5, 0.6) is 5.75 Å². The third-order valence-electron chi connectivity index (χ3n) is 5.76. The molecule has 196 valence electrons. The molecular formula is C25H29ClF3N3O4. The molecule has 2 aromatic rings. The molecule has 0 heterocycles. The predicted molar refractivity (Wildman–Crippen MR) is 133 cm³/mol. The lowest BCUT2D eigenvalue weighted by atomic mass is 9.90. The van der Waals surface area contributed by atoms with Crippen molar-refractivity contribution in [2.75, 3.05) is 28.7 Å². The fraction of sp³-hybridized carbons (Fsp3) is 0.440. The van der Waals surface area contributed by atoms with Crippen molar-refractivity contribution in [3.05, 3.63) is 47.2 Å². The van der Waals surface area contributed by atoms with E-state index < -0.39 is 30.3 Å². The lowest BCUT2D eigenvalue weighted by molar-refractivity contribution is -0.139. The number of hydrogen-bond donors (Lipinski definition) is 3. The van der Waals surface area contributed by atoms with Crippen LogP contribution in [0.25, 0.3) is 0 Å². The van der Waals surface area contributed by atoms with Crippen LogP contribution in [0.4, 0.5) is 35.0 Å². The minimum absolute atomic E-state index is 0.0923. The number of nitrogens with zero attached hydrogens (tertiary/aromatic N) is 1. The standard InChI is InChI=1S/C25H29ClF3N3O4/c1-15(2)13-32(17-7-9-25(28,29)10-8-17)22-6-4-18(36-14-23(33)34)12-21(22)31-24(35)30-20-5-3-16(26)11-19(20)27/h3-6,11-12,15,17H,7-10,13-14H2,1-2H3,(H,33,34)(H2,30,31,35). The van der Waals surface area contributed by atoms with Gasteiger partial charge in [0.15, 0.2) is 6.61 Å². The average Bonchev–Trinajstić information content (AvgIpc) is 2.78. The molecule has 0 radical (unpaired) electrons. The second-order valence-corrected chi connectivity index (χ2v) is 9.63. The van der Waals surface area contributed by atoms with Gasteiger partial charge < -0.3 is 25.4 Å². The first-order valence-electron chi connectivity index (χ1n) is 11.6. The summed E-state index contributed by atoms with van der Waals surface area (Å²) >= 11 is 5.76. The Balaban J connectivity index is 1.91. The number of carboxylic acid groups (broad SMARTS) is 1. The van der Waals surface area contributed by atoms with Crippen LogP contribution in [0.1, 0.15) is 39.5 Å². The van der Waals surface area contributed by atoms with Gasteiger partial charge >= 0.3 is 12.0 Å². The van der Waals surface area contributed by atoms with Crippen LogP contribution in [0.2, 0.25) is 5.02 Å². The summed E-state index contributed by atoms with van der Waals surface area (Å²) in [5.74, 6) is -4.22. The number of carbonyl (C=O) groups excluding carboxylic acids is 1. The van der Waals surface area contributed by atoms with Crippen molar-refractivity contribution in [3.63, 3.8) is 0 Å². The number of nitrogens with one attached hydrogen (secondary N) is 2. The van der Waals surface area contributed by atoms with Crippen LogP contribution in [0.3, 0.4) is 0 Å². The zero-order valence-electron chi connectivity index (χ0n) is 20.0. The first-order chi connectivity index (χ1) is 16.9. The number of anilines is 3. The SMILES string of the molecule is CC(C)CN(c1ccc(OCC(=O)O)cc1NC(=O)Nc1ccc(Cl)cc1F)C1CCC(F)(F)CC1. The summed E-state index contributed by atoms with van der Waals surface area (Å²) in [6.07, 6.45) is 0.0908. The first-order valence-corrected chi connectivity index (χ1v) is 12.0. The van der Waals surface area contributed by atoms with Gasteiger partial charge in [-0.2, -0.15) is 0 Å². The molecular weight excluding hydrogens is 499 g/mol. The number of benzene rings is 2. The molecule has 0 aliphatic heterocycles. The number of halogens is 4. The van der Waals surface area contributed by atoms with E-state index in [0.29, 0.717) is 12.2 Å². The molecule has 0 aromatic heterocycles. The van der Waals surface area contributed by atoms with E-state index in [2.05, 4.69) is 10.6 Å². The Morgan fingerprint density at radius 3 is 2.42 bits per heavy atom. The van der Waals surface area contributed by atoms with Gasteiger partial charge in [0.2, 0.25) is 5.92 Å². The summed E-state index contributed by atoms with van der Waals surface area (Å²) in [5, 5.41) is 14.2. The summed E-state index contributed by atoms with van der Waals surface area (Å²) in [6.45, 7) is 3.94. The monoisotopic (exact) mass is 527 g/mol. The highest BCUT2D eigenvalue weighted by atomic mass is 35.5. The van der Waals surface area contributed by atoms with E-state index >= 15 is 0 Å². The van der Waals surface area contributed by atoms with Gasteiger partial charge in [0.05, 0.1) is 17.1 Å². The van der Waals surface area contributed by atoms with Gasteiger partial charge in [-0.25, -0.2) is 22.8 Å². The summed E-state index contributed by atoms with van der Waals surface area (Å²) in [4.78, 5) is 25.7. The number of urea groups is 1. The van der Waals surface area contributed by atoms with Crippen molar-refractivity contribution in [2.24, 2.45) is 5.92 Å². The minimum Gasteiger partial charge on any atom is -0.482 e. The molecule has 0 spiro atoms. The Hall–Kier alpha value is -3.14. The van der Waals surface area contributed by atoms with Crippen LogP contribution in [-0.2, 0) is 4.79 Å². The molecule has 36 heavy (non-hydrogen) atoms. The fourth-order valence-corrected chi connectivity index (χ4v) is 4.30. The highest BCUT2D eigenvalue weighted by Crippen LogP contribution is 2.39. The largest absolute Gasteiger partial charge is 0.482 e. The number of carbonyl (C=O) groups is 2. The lowest BCUT2D eigenvalue weighted by Crippen LogP contribution is -2.43. The number of hydrogen-bond acceptors (Lipinski definition) is 4. The van der Waals surface area contributed by atoms with E-state index in [1.165, 1.54) is 18.2 Å². The molecule has 7 nitrogen and oxygen atoms in total. The topological polar surface area (TPSA) is 90.9 Å². The first kappa shape index (κ1) is 27.4. The molecule has 1 aliphatic carbocycles. The van der Waals surface area contributed by atoms with Crippen LogP contribution >= 0.6 is 11.6 Å². The van der Waals surface area contributed by atoms with Crippen LogP contribution in [-0.4, -0.2) is 42.2 Å². The zero-order valence-corrected chi connectivity index (χ0v) is 20.7. The Labute approximate surface area is 212 Å². The van der Waals surface area contributed by atoms with Crippen LogP contribution in [0, 0.1) is 11.7 Å². The molecule has 0 atom stereocenters. The molecule has 0 saturated heterocycles. The third-order valence-corrected chi connectivity index (χ3v) is 5.99. The molecule has 0 unspecified atom stereocenters. The van der Waals surface area contributed by atoms with Crippen molar-refractivity contribution in [1.29, 1.82) is 0 Å². The van der Waals surface area contributed by atoms with Crippen molar-refractivity contribution in [2.45, 2.75) is 51.5 Å². The van der Waals surface area contributed by atoms with Crippen LogP contribution in [0.15, 0.2) is 36.4 Å². The normalized spacial score (nSPS) is 15.4. The number of alkyl halides is 2. The Kier molecular flexibility index (Phi) is 8.94. The van der Waals surface area contributed by atoms with E-state index in [-0.39, 0.29) is 59.8 Å². The van der Waals surface area contributed by atoms with Gasteiger partial charge in [0, 0.05) is 36.5 Å². The number of rotatable bonds is 9. The Morgan fingerprint density at radius 2 is 1.81 bits per heavy atom. The number of carboxylic acids is 1. The molecule has 11 heteroatoms. The maximum Gasteiger partial charge on any atom is 0.341 e. The quantitative estimate of drug-likeness (QED) is 0.340. The summed E-state index contributed by atoms with van der Waals surface area (Å²) in [6, 6.07) is 7.54. The number of amides is 2. The molecule has 3 rings (SSSR count). The van der Waals surface area contributed by atoms with Gasteiger partial charge in [-0.1, -0.05) is 25.4 Å². The van der Waals surface area contributed by atoms with Crippen molar-refractivity contribution in [1.82, 2.24) is 0 Å². The highest BCUT2D eigenvalue weighted by Gasteiger charge is 2.37. The molecule has 2 amide bonds. The van der Waals surface area contributed by atoms with E-state index in [4.69, 9.17) is 21.4 Å². The summed E-state index contributed by atoms with van der Waals surface area (Å²) in [5.41, 5.74) is 0.737. The molecule has 1 fully saturated rings. The Morgan fingerprint density at radius 1 is 1.14 bits per heavy atom. The summed E-state index contributed by atoms with van der Waals surface area (Å²) in [7, 11) is 0. The zero-order chi connectivity index (χ0) is 26.5. The number of ether oxygens (including phenoxy) is 1.